The Morgan fingerprint density at radius 1 is 1.25 bits per heavy atom. The molecule has 0 spiro atoms. The average Bonchev–Trinajstić information content (AvgIpc) is 2.30. The number of halogens is 1. The van der Waals surface area contributed by atoms with Gasteiger partial charge < -0.3 is 9.80 Å². The Morgan fingerprint density at radius 2 is 1.94 bits per heavy atom. The summed E-state index contributed by atoms with van der Waals surface area (Å²) in [5.41, 5.74) is 1.65. The lowest BCUT2D eigenvalue weighted by Gasteiger charge is -2.34. The Balaban J connectivity index is 2.16. The zero-order valence-corrected chi connectivity index (χ0v) is 10.0. The van der Waals surface area contributed by atoms with E-state index in [0.717, 1.165) is 31.9 Å². The van der Waals surface area contributed by atoms with Crippen molar-refractivity contribution in [2.24, 2.45) is 0 Å². The smallest absolute Gasteiger partial charge is 0.101 e. The van der Waals surface area contributed by atoms with Gasteiger partial charge in [-0.1, -0.05) is 11.6 Å². The van der Waals surface area contributed by atoms with Crippen LogP contribution in [0.5, 0.6) is 0 Å². The van der Waals surface area contributed by atoms with Gasteiger partial charge in [0, 0.05) is 31.9 Å². The van der Waals surface area contributed by atoms with Crippen LogP contribution < -0.4 is 4.90 Å². The molecule has 0 aliphatic carbocycles. The van der Waals surface area contributed by atoms with E-state index in [1.807, 2.05) is 12.1 Å². The first-order chi connectivity index (χ1) is 7.70. The lowest BCUT2D eigenvalue weighted by atomic mass is 10.2. The molecular weight excluding hydrogens is 222 g/mol. The Labute approximate surface area is 101 Å². The SMILES string of the molecule is CN1CCN(c2ccc(C#N)c(Cl)c2)CC1. The summed E-state index contributed by atoms with van der Waals surface area (Å²) >= 11 is 6.02. The van der Waals surface area contributed by atoms with Crippen LogP contribution in [-0.4, -0.2) is 38.1 Å². The van der Waals surface area contributed by atoms with Crippen molar-refractivity contribution in [2.45, 2.75) is 0 Å². The Bertz CT molecular complexity index is 417. The maximum absolute atomic E-state index is 8.80. The van der Waals surface area contributed by atoms with Gasteiger partial charge in [-0.05, 0) is 25.2 Å². The average molecular weight is 236 g/mol. The lowest BCUT2D eigenvalue weighted by Crippen LogP contribution is -2.44. The molecule has 3 nitrogen and oxygen atoms in total. The molecule has 0 amide bonds. The number of rotatable bonds is 1. The van der Waals surface area contributed by atoms with Gasteiger partial charge in [-0.25, -0.2) is 0 Å². The number of piperazine rings is 1. The Hall–Kier alpha value is -1.24. The quantitative estimate of drug-likeness (QED) is 0.746. The third-order valence-corrected chi connectivity index (χ3v) is 3.25. The van der Waals surface area contributed by atoms with Crippen LogP contribution in [0, 0.1) is 11.3 Å². The molecule has 1 fully saturated rings. The van der Waals surface area contributed by atoms with Crippen molar-refractivity contribution in [1.29, 1.82) is 5.26 Å². The molecular formula is C12H14ClN3. The zero-order valence-electron chi connectivity index (χ0n) is 9.28. The van der Waals surface area contributed by atoms with E-state index in [0.29, 0.717) is 10.6 Å². The Morgan fingerprint density at radius 3 is 2.50 bits per heavy atom. The molecule has 84 valence electrons. The van der Waals surface area contributed by atoms with Crippen LogP contribution in [0.15, 0.2) is 18.2 Å². The number of hydrogen-bond donors (Lipinski definition) is 0. The first kappa shape index (κ1) is 11.3. The van der Waals surface area contributed by atoms with Crippen molar-refractivity contribution in [3.05, 3.63) is 28.8 Å². The van der Waals surface area contributed by atoms with Crippen molar-refractivity contribution in [3.8, 4) is 6.07 Å². The van der Waals surface area contributed by atoms with Gasteiger partial charge in [-0.3, -0.25) is 0 Å². The summed E-state index contributed by atoms with van der Waals surface area (Å²) in [4.78, 5) is 4.61. The minimum Gasteiger partial charge on any atom is -0.369 e. The molecule has 4 heteroatoms. The maximum atomic E-state index is 8.80. The molecule has 0 radical (unpaired) electrons. The minimum atomic E-state index is 0.541. The summed E-state index contributed by atoms with van der Waals surface area (Å²) in [7, 11) is 2.13. The van der Waals surface area contributed by atoms with Crippen LogP contribution >= 0.6 is 11.6 Å². The highest BCUT2D eigenvalue weighted by molar-refractivity contribution is 6.32. The van der Waals surface area contributed by atoms with E-state index in [-0.39, 0.29) is 0 Å². The number of nitriles is 1. The topological polar surface area (TPSA) is 30.3 Å². The number of benzene rings is 1. The van der Waals surface area contributed by atoms with Crippen molar-refractivity contribution in [1.82, 2.24) is 4.90 Å². The van der Waals surface area contributed by atoms with Crippen molar-refractivity contribution in [3.63, 3.8) is 0 Å². The molecule has 1 aromatic carbocycles. The third-order valence-electron chi connectivity index (χ3n) is 2.94. The molecule has 0 saturated carbocycles. The number of anilines is 1. The molecule has 2 rings (SSSR count). The predicted octanol–water partition coefficient (Wildman–Crippen LogP) is 1.96. The first-order valence-electron chi connectivity index (χ1n) is 5.34. The molecule has 0 N–H and O–H groups in total. The standard InChI is InChI=1S/C12H14ClN3/c1-15-4-6-16(7-5-15)11-3-2-10(9-14)12(13)8-11/h2-3,8H,4-7H2,1H3. The fourth-order valence-electron chi connectivity index (χ4n) is 1.86. The van der Waals surface area contributed by atoms with Gasteiger partial charge in [0.15, 0.2) is 0 Å². The van der Waals surface area contributed by atoms with Gasteiger partial charge in [0.25, 0.3) is 0 Å². The van der Waals surface area contributed by atoms with Gasteiger partial charge in [-0.2, -0.15) is 5.26 Å². The molecule has 1 aliphatic heterocycles. The highest BCUT2D eigenvalue weighted by Crippen LogP contribution is 2.23. The van der Waals surface area contributed by atoms with Crippen LogP contribution in [0.3, 0.4) is 0 Å². The highest BCUT2D eigenvalue weighted by Gasteiger charge is 2.14. The normalized spacial score (nSPS) is 17.2. The van der Waals surface area contributed by atoms with Gasteiger partial charge in [-0.15, -0.1) is 0 Å². The molecule has 1 saturated heterocycles. The minimum absolute atomic E-state index is 0.541. The molecule has 0 atom stereocenters. The summed E-state index contributed by atoms with van der Waals surface area (Å²) in [6, 6.07) is 7.71. The molecule has 0 bridgehead atoms. The first-order valence-corrected chi connectivity index (χ1v) is 5.71. The van der Waals surface area contributed by atoms with E-state index in [2.05, 4.69) is 22.9 Å². The zero-order chi connectivity index (χ0) is 11.5. The van der Waals surface area contributed by atoms with E-state index < -0.39 is 0 Å². The molecule has 1 aromatic rings. The summed E-state index contributed by atoms with van der Waals surface area (Å²) in [5, 5.41) is 9.34. The van der Waals surface area contributed by atoms with Crippen LogP contribution in [0.25, 0.3) is 0 Å². The van der Waals surface area contributed by atoms with Gasteiger partial charge in [0.05, 0.1) is 10.6 Å². The second-order valence-corrected chi connectivity index (χ2v) is 4.47. The van der Waals surface area contributed by atoms with E-state index in [4.69, 9.17) is 16.9 Å². The van der Waals surface area contributed by atoms with Crippen molar-refractivity contribution >= 4 is 17.3 Å². The fraction of sp³-hybridized carbons (Fsp3) is 0.417. The molecule has 0 aromatic heterocycles. The van der Waals surface area contributed by atoms with Crippen LogP contribution in [0.4, 0.5) is 5.69 Å². The second-order valence-electron chi connectivity index (χ2n) is 4.07. The maximum Gasteiger partial charge on any atom is 0.101 e. The molecule has 0 unspecified atom stereocenters. The van der Waals surface area contributed by atoms with Gasteiger partial charge >= 0.3 is 0 Å². The van der Waals surface area contributed by atoms with Crippen LogP contribution in [0.2, 0.25) is 5.02 Å². The summed E-state index contributed by atoms with van der Waals surface area (Å²) in [6.45, 7) is 4.16. The number of nitrogens with zero attached hydrogens (tertiary/aromatic N) is 3. The molecule has 1 heterocycles. The van der Waals surface area contributed by atoms with Gasteiger partial charge in [0.1, 0.15) is 6.07 Å². The summed E-state index contributed by atoms with van der Waals surface area (Å²) in [6.07, 6.45) is 0. The predicted molar refractivity (Wildman–Crippen MR) is 65.9 cm³/mol. The van der Waals surface area contributed by atoms with E-state index in [1.165, 1.54) is 0 Å². The fourth-order valence-corrected chi connectivity index (χ4v) is 2.07. The highest BCUT2D eigenvalue weighted by atomic mass is 35.5. The van der Waals surface area contributed by atoms with E-state index >= 15 is 0 Å². The van der Waals surface area contributed by atoms with Gasteiger partial charge in [0.2, 0.25) is 0 Å². The van der Waals surface area contributed by atoms with E-state index in [9.17, 15) is 0 Å². The Kier molecular flexibility index (Phi) is 3.33. The molecule has 1 aliphatic rings. The second kappa shape index (κ2) is 4.73. The molecule has 16 heavy (non-hydrogen) atoms. The van der Waals surface area contributed by atoms with E-state index in [1.54, 1.807) is 6.07 Å². The monoisotopic (exact) mass is 235 g/mol. The largest absolute Gasteiger partial charge is 0.369 e. The summed E-state index contributed by atoms with van der Waals surface area (Å²) in [5.74, 6) is 0. The van der Waals surface area contributed by atoms with Crippen molar-refractivity contribution < 1.29 is 0 Å². The lowest BCUT2D eigenvalue weighted by molar-refractivity contribution is 0.313. The van der Waals surface area contributed by atoms with Crippen LogP contribution in [0.1, 0.15) is 5.56 Å². The number of likely N-dealkylation sites (N-methyl/N-ethyl adjacent to an activating group) is 1. The summed E-state index contributed by atoms with van der Waals surface area (Å²) < 4.78 is 0. The van der Waals surface area contributed by atoms with Crippen molar-refractivity contribution in [2.75, 3.05) is 38.1 Å². The number of hydrogen-bond acceptors (Lipinski definition) is 3. The van der Waals surface area contributed by atoms with Crippen LogP contribution in [-0.2, 0) is 0 Å². The third kappa shape index (κ3) is 2.29.